The molecular weight excluding hydrogens is 299 g/mol. The second-order valence-corrected chi connectivity index (χ2v) is 8.17. The van der Waals surface area contributed by atoms with Gasteiger partial charge in [0.15, 0.2) is 0 Å². The molecule has 1 aromatic rings. The van der Waals surface area contributed by atoms with E-state index < -0.39 is 19.8 Å². The summed E-state index contributed by atoms with van der Waals surface area (Å²) in [5, 5.41) is 3.54. The Hall–Kier alpha value is -0.300. The Kier molecular flexibility index (Phi) is 3.66. The van der Waals surface area contributed by atoms with Crippen LogP contribution >= 0.6 is 23.2 Å². The van der Waals surface area contributed by atoms with Crippen LogP contribution in [0.15, 0.2) is 17.0 Å². The summed E-state index contributed by atoms with van der Waals surface area (Å²) in [4.78, 5) is 0. The maximum absolute atomic E-state index is 11.8. The van der Waals surface area contributed by atoms with E-state index in [2.05, 4.69) is 14.4 Å². The summed E-state index contributed by atoms with van der Waals surface area (Å²) in [6.07, 6.45) is 4.07. The summed E-state index contributed by atoms with van der Waals surface area (Å²) >= 11 is 11.8. The summed E-state index contributed by atoms with van der Waals surface area (Å²) < 4.78 is 29.9. The predicted molar refractivity (Wildman–Crippen MR) is 69.2 cm³/mol. The van der Waals surface area contributed by atoms with Gasteiger partial charge in [0.05, 0.1) is 11.9 Å². The SMILES string of the molecule is C[C@]1(CS(=O)(=O)NCCc2cnoc2)CC1(Cl)Cl. The first-order valence-electron chi connectivity index (χ1n) is 5.48. The average Bonchev–Trinajstić information content (AvgIpc) is 2.64. The number of sulfonamides is 1. The van der Waals surface area contributed by atoms with Gasteiger partial charge in [-0.15, -0.1) is 23.2 Å². The van der Waals surface area contributed by atoms with Crippen molar-refractivity contribution in [1.29, 1.82) is 0 Å². The van der Waals surface area contributed by atoms with Gasteiger partial charge in [-0.25, -0.2) is 13.1 Å². The minimum Gasteiger partial charge on any atom is -0.364 e. The lowest BCUT2D eigenvalue weighted by Gasteiger charge is -2.12. The van der Waals surface area contributed by atoms with E-state index >= 15 is 0 Å². The Morgan fingerprint density at radius 3 is 2.72 bits per heavy atom. The first-order valence-corrected chi connectivity index (χ1v) is 7.88. The molecule has 1 atom stereocenters. The van der Waals surface area contributed by atoms with E-state index in [9.17, 15) is 8.42 Å². The molecule has 8 heteroatoms. The predicted octanol–water partition coefficient (Wildman–Crippen LogP) is 1.72. The lowest BCUT2D eigenvalue weighted by molar-refractivity contribution is 0.419. The quantitative estimate of drug-likeness (QED) is 0.812. The third-order valence-electron chi connectivity index (χ3n) is 3.10. The molecule has 1 fully saturated rings. The normalized spacial score (nSPS) is 26.2. The molecule has 5 nitrogen and oxygen atoms in total. The van der Waals surface area contributed by atoms with Gasteiger partial charge in [-0.1, -0.05) is 12.1 Å². The Bertz CT molecular complexity index is 515. The van der Waals surface area contributed by atoms with Gasteiger partial charge in [-0.05, 0) is 12.8 Å². The molecule has 18 heavy (non-hydrogen) atoms. The van der Waals surface area contributed by atoms with Crippen LogP contribution in [0.1, 0.15) is 18.9 Å². The maximum atomic E-state index is 11.8. The first kappa shape index (κ1) is 14.1. The van der Waals surface area contributed by atoms with Gasteiger partial charge in [-0.3, -0.25) is 0 Å². The topological polar surface area (TPSA) is 72.2 Å². The molecule has 102 valence electrons. The van der Waals surface area contributed by atoms with E-state index in [4.69, 9.17) is 23.2 Å². The second-order valence-electron chi connectivity index (χ2n) is 4.88. The van der Waals surface area contributed by atoms with Crippen molar-refractivity contribution in [2.75, 3.05) is 12.3 Å². The fourth-order valence-electron chi connectivity index (χ4n) is 1.77. The van der Waals surface area contributed by atoms with E-state index in [1.165, 1.54) is 6.26 Å². The molecule has 0 saturated heterocycles. The third kappa shape index (κ3) is 3.17. The fraction of sp³-hybridized carbons (Fsp3) is 0.700. The Balaban J connectivity index is 1.82. The Morgan fingerprint density at radius 1 is 1.56 bits per heavy atom. The second kappa shape index (κ2) is 4.67. The van der Waals surface area contributed by atoms with Crippen LogP contribution in [-0.2, 0) is 16.4 Å². The van der Waals surface area contributed by atoms with Gasteiger partial charge >= 0.3 is 0 Å². The molecule has 1 N–H and O–H groups in total. The van der Waals surface area contributed by atoms with E-state index in [1.807, 2.05) is 0 Å². The van der Waals surface area contributed by atoms with Crippen molar-refractivity contribution in [2.24, 2.45) is 5.41 Å². The minimum atomic E-state index is -3.37. The highest BCUT2D eigenvalue weighted by Crippen LogP contribution is 2.64. The smallest absolute Gasteiger partial charge is 0.212 e. The van der Waals surface area contributed by atoms with Gasteiger partial charge in [0, 0.05) is 17.5 Å². The van der Waals surface area contributed by atoms with E-state index in [-0.39, 0.29) is 5.75 Å². The number of aromatic nitrogens is 1. The molecule has 1 aliphatic rings. The minimum absolute atomic E-state index is 0.0589. The number of hydrogen-bond donors (Lipinski definition) is 1. The third-order valence-corrected chi connectivity index (χ3v) is 5.94. The number of nitrogens with one attached hydrogen (secondary N) is 1. The largest absolute Gasteiger partial charge is 0.364 e. The molecule has 0 aliphatic heterocycles. The van der Waals surface area contributed by atoms with Gasteiger partial charge < -0.3 is 4.52 Å². The highest BCUT2D eigenvalue weighted by Gasteiger charge is 2.64. The lowest BCUT2D eigenvalue weighted by atomic mass is 10.2. The van der Waals surface area contributed by atoms with Gasteiger partial charge in [0.25, 0.3) is 0 Å². The monoisotopic (exact) mass is 312 g/mol. The van der Waals surface area contributed by atoms with Crippen LogP contribution in [0.5, 0.6) is 0 Å². The van der Waals surface area contributed by atoms with Crippen LogP contribution in [0.2, 0.25) is 0 Å². The Morgan fingerprint density at radius 2 is 2.22 bits per heavy atom. The molecule has 0 aromatic carbocycles. The highest BCUT2D eigenvalue weighted by atomic mass is 35.5. The fourth-order valence-corrected chi connectivity index (χ4v) is 4.36. The van der Waals surface area contributed by atoms with Crippen LogP contribution in [0.3, 0.4) is 0 Å². The molecule has 1 saturated carbocycles. The Labute approximate surface area is 116 Å². The summed E-state index contributed by atoms with van der Waals surface area (Å²) in [6.45, 7) is 2.07. The van der Waals surface area contributed by atoms with Crippen molar-refractivity contribution in [3.8, 4) is 0 Å². The van der Waals surface area contributed by atoms with Crippen LogP contribution in [0.4, 0.5) is 0 Å². The van der Waals surface area contributed by atoms with Crippen LogP contribution in [0, 0.1) is 5.41 Å². The van der Waals surface area contributed by atoms with Crippen molar-refractivity contribution in [3.63, 3.8) is 0 Å². The maximum Gasteiger partial charge on any atom is 0.212 e. The van der Waals surface area contributed by atoms with E-state index in [1.54, 1.807) is 13.1 Å². The molecule has 0 radical (unpaired) electrons. The average molecular weight is 313 g/mol. The molecule has 2 rings (SSSR count). The van der Waals surface area contributed by atoms with Crippen molar-refractivity contribution >= 4 is 33.2 Å². The van der Waals surface area contributed by atoms with Gasteiger partial charge in [0.1, 0.15) is 10.6 Å². The number of rotatable bonds is 6. The molecule has 1 aliphatic carbocycles. The summed E-state index contributed by atoms with van der Waals surface area (Å²) in [5.74, 6) is -0.0589. The summed E-state index contributed by atoms with van der Waals surface area (Å²) in [7, 11) is -3.37. The highest BCUT2D eigenvalue weighted by molar-refractivity contribution is 7.89. The zero-order valence-electron chi connectivity index (χ0n) is 9.82. The van der Waals surface area contributed by atoms with Gasteiger partial charge in [-0.2, -0.15) is 0 Å². The van der Waals surface area contributed by atoms with Crippen molar-refractivity contribution < 1.29 is 12.9 Å². The molecule has 1 aromatic heterocycles. The van der Waals surface area contributed by atoms with Crippen LogP contribution in [-0.4, -0.2) is 30.2 Å². The molecule has 1 heterocycles. The molecule has 0 bridgehead atoms. The van der Waals surface area contributed by atoms with Crippen LogP contribution in [0.25, 0.3) is 0 Å². The van der Waals surface area contributed by atoms with Crippen molar-refractivity contribution in [2.45, 2.75) is 24.1 Å². The first-order chi connectivity index (χ1) is 8.24. The molecular formula is C10H14Cl2N2O3S. The van der Waals surface area contributed by atoms with E-state index in [0.717, 1.165) is 5.56 Å². The van der Waals surface area contributed by atoms with E-state index in [0.29, 0.717) is 19.4 Å². The molecule has 0 amide bonds. The number of halogens is 2. The molecule has 0 spiro atoms. The van der Waals surface area contributed by atoms with Gasteiger partial charge in [0.2, 0.25) is 10.0 Å². The standard InChI is InChI=1S/C10H14Cl2N2O3S/c1-9(6-10(9,11)12)7-18(15,16)14-3-2-8-4-13-17-5-8/h4-5,14H,2-3,6-7H2,1H3/t9-/m1/s1. The number of alkyl halides is 2. The van der Waals surface area contributed by atoms with Crippen molar-refractivity contribution in [3.05, 3.63) is 18.0 Å². The summed E-state index contributed by atoms with van der Waals surface area (Å²) in [5.41, 5.74) is 0.290. The van der Waals surface area contributed by atoms with Crippen molar-refractivity contribution in [1.82, 2.24) is 9.88 Å². The summed E-state index contributed by atoms with van der Waals surface area (Å²) in [6, 6.07) is 0. The molecule has 0 unspecified atom stereocenters. The zero-order valence-corrected chi connectivity index (χ0v) is 12.1. The van der Waals surface area contributed by atoms with Crippen LogP contribution < -0.4 is 4.72 Å². The number of nitrogens with zero attached hydrogens (tertiary/aromatic N) is 1. The zero-order chi connectivity index (χ0) is 13.4. The number of hydrogen-bond acceptors (Lipinski definition) is 4. The lowest BCUT2D eigenvalue weighted by Crippen LogP contribution is -2.32.